The van der Waals surface area contributed by atoms with Crippen LogP contribution in [0.1, 0.15) is 39.2 Å². The van der Waals surface area contributed by atoms with Gasteiger partial charge in [-0.3, -0.25) is 4.21 Å². The van der Waals surface area contributed by atoms with E-state index in [1.807, 2.05) is 32.9 Å². The minimum Gasteiger partial charge on any atom is -0.771 e. The van der Waals surface area contributed by atoms with Gasteiger partial charge in [0.2, 0.25) is 0 Å². The summed E-state index contributed by atoms with van der Waals surface area (Å²) in [5.74, 6) is 0.536. The van der Waals surface area contributed by atoms with Crippen molar-refractivity contribution in [3.63, 3.8) is 0 Å². The van der Waals surface area contributed by atoms with E-state index in [1.165, 1.54) is 5.56 Å². The molecule has 26 heavy (non-hydrogen) atoms. The molecule has 0 spiro atoms. The van der Waals surface area contributed by atoms with E-state index in [9.17, 15) is 13.6 Å². The lowest BCUT2D eigenvalue weighted by molar-refractivity contribution is 0.0184. The zero-order valence-corrected chi connectivity index (χ0v) is 16.9. The molecular formula is C19H29N2O4S-. The SMILES string of the molecule is CN(CS(=O)[O-])c1ccc(CC2CCN(C(=O)OC(C)(C)C)CC2)cc1. The van der Waals surface area contributed by atoms with Crippen LogP contribution < -0.4 is 4.90 Å². The topological polar surface area (TPSA) is 72.9 Å². The van der Waals surface area contributed by atoms with Crippen molar-refractivity contribution in [1.82, 2.24) is 4.90 Å². The first-order chi connectivity index (χ1) is 12.1. The zero-order chi connectivity index (χ0) is 19.3. The Balaban J connectivity index is 1.82. The van der Waals surface area contributed by atoms with E-state index >= 15 is 0 Å². The van der Waals surface area contributed by atoms with Gasteiger partial charge in [-0.1, -0.05) is 12.1 Å². The van der Waals surface area contributed by atoms with E-state index in [2.05, 4.69) is 12.1 Å². The Hall–Kier alpha value is -1.60. The van der Waals surface area contributed by atoms with Crippen LogP contribution in [0.2, 0.25) is 0 Å². The fraction of sp³-hybridized carbons (Fsp3) is 0.632. The highest BCUT2D eigenvalue weighted by molar-refractivity contribution is 7.79. The molecule has 1 aliphatic heterocycles. The summed E-state index contributed by atoms with van der Waals surface area (Å²) >= 11 is -2.09. The Morgan fingerprint density at radius 1 is 1.27 bits per heavy atom. The summed E-state index contributed by atoms with van der Waals surface area (Å²) in [6, 6.07) is 8.02. The van der Waals surface area contributed by atoms with E-state index in [1.54, 1.807) is 16.8 Å². The number of carbonyl (C=O) groups excluding carboxylic acids is 1. The predicted molar refractivity (Wildman–Crippen MR) is 103 cm³/mol. The molecule has 1 fully saturated rings. The molecule has 1 amide bonds. The second-order valence-electron chi connectivity index (χ2n) is 7.91. The average Bonchev–Trinajstić information content (AvgIpc) is 2.54. The summed E-state index contributed by atoms with van der Waals surface area (Å²) in [6.07, 6.45) is 2.69. The summed E-state index contributed by atoms with van der Waals surface area (Å²) in [6.45, 7) is 7.11. The Labute approximate surface area is 158 Å². The largest absolute Gasteiger partial charge is 0.771 e. The van der Waals surface area contributed by atoms with Gasteiger partial charge >= 0.3 is 6.09 Å². The van der Waals surface area contributed by atoms with E-state index < -0.39 is 16.7 Å². The number of rotatable bonds is 5. The van der Waals surface area contributed by atoms with Crippen molar-refractivity contribution in [3.05, 3.63) is 29.8 Å². The van der Waals surface area contributed by atoms with Gasteiger partial charge in [0.15, 0.2) is 0 Å². The molecule has 1 aromatic rings. The quantitative estimate of drug-likeness (QED) is 0.733. The van der Waals surface area contributed by atoms with Crippen LogP contribution in [-0.2, 0) is 22.2 Å². The Morgan fingerprint density at radius 2 is 1.85 bits per heavy atom. The van der Waals surface area contributed by atoms with Gasteiger partial charge in [0.1, 0.15) is 5.60 Å². The van der Waals surface area contributed by atoms with Gasteiger partial charge in [0, 0.05) is 25.8 Å². The minimum absolute atomic E-state index is 0.0114. The van der Waals surface area contributed by atoms with Gasteiger partial charge in [-0.2, -0.15) is 0 Å². The first kappa shape index (κ1) is 20.7. The fourth-order valence-corrected chi connectivity index (χ4v) is 3.56. The van der Waals surface area contributed by atoms with Crippen molar-refractivity contribution in [2.24, 2.45) is 5.92 Å². The Bertz CT molecular complexity index is 619. The normalized spacial score (nSPS) is 17.0. The van der Waals surface area contributed by atoms with Crippen molar-refractivity contribution in [1.29, 1.82) is 0 Å². The van der Waals surface area contributed by atoms with Crippen LogP contribution in [0, 0.1) is 5.92 Å². The number of piperidine rings is 1. The van der Waals surface area contributed by atoms with Gasteiger partial charge < -0.3 is 19.1 Å². The molecule has 1 heterocycles. The third kappa shape index (κ3) is 6.61. The molecular weight excluding hydrogens is 352 g/mol. The highest BCUT2D eigenvalue weighted by atomic mass is 32.2. The summed E-state index contributed by atoms with van der Waals surface area (Å²) in [7, 11) is 1.76. The molecule has 2 rings (SSSR count). The molecule has 1 saturated heterocycles. The third-order valence-electron chi connectivity index (χ3n) is 4.47. The summed E-state index contributed by atoms with van der Waals surface area (Å²) in [4.78, 5) is 15.6. The van der Waals surface area contributed by atoms with Crippen LogP contribution in [0.4, 0.5) is 10.5 Å². The van der Waals surface area contributed by atoms with Crippen molar-refractivity contribution < 1.29 is 18.3 Å². The van der Waals surface area contributed by atoms with E-state index in [4.69, 9.17) is 4.74 Å². The molecule has 0 saturated carbocycles. The molecule has 1 aromatic carbocycles. The number of hydrogen-bond acceptors (Lipinski definition) is 5. The van der Waals surface area contributed by atoms with Gasteiger partial charge in [-0.15, -0.1) is 0 Å². The molecule has 0 bridgehead atoms. The Kier molecular flexibility index (Phi) is 7.06. The van der Waals surface area contributed by atoms with Crippen LogP contribution >= 0.6 is 0 Å². The van der Waals surface area contributed by atoms with E-state index in [-0.39, 0.29) is 12.0 Å². The maximum absolute atomic E-state index is 12.1. The van der Waals surface area contributed by atoms with Crippen molar-refractivity contribution >= 4 is 22.9 Å². The number of ether oxygens (including phenoxy) is 1. The fourth-order valence-electron chi connectivity index (χ4n) is 3.10. The molecule has 146 valence electrons. The lowest BCUT2D eigenvalue weighted by Gasteiger charge is -2.33. The Morgan fingerprint density at radius 3 is 2.35 bits per heavy atom. The molecule has 6 nitrogen and oxygen atoms in total. The summed E-state index contributed by atoms with van der Waals surface area (Å²) in [5, 5.41) is 0. The lowest BCUT2D eigenvalue weighted by atomic mass is 9.90. The number of anilines is 1. The number of likely N-dealkylation sites (tertiary alicyclic amines) is 1. The predicted octanol–water partition coefficient (Wildman–Crippen LogP) is 3.15. The molecule has 0 radical (unpaired) electrons. The van der Waals surface area contributed by atoms with E-state index in [0.717, 1.165) is 38.0 Å². The molecule has 1 atom stereocenters. The van der Waals surface area contributed by atoms with Crippen molar-refractivity contribution in [2.75, 3.05) is 30.9 Å². The second kappa shape index (κ2) is 8.86. The van der Waals surface area contributed by atoms with Crippen LogP contribution in [0.25, 0.3) is 0 Å². The summed E-state index contributed by atoms with van der Waals surface area (Å²) in [5.41, 5.74) is 1.67. The standard InChI is InChI=1S/C19H30N2O4S/c1-19(2,3)25-18(22)21-11-9-16(10-12-21)13-15-5-7-17(8-6-15)20(4)14-26(23)24/h5-8,16H,9-14H2,1-4H3,(H,23,24)/p-1. The first-order valence-electron chi connectivity index (χ1n) is 8.98. The van der Waals surface area contributed by atoms with Crippen LogP contribution in [0.3, 0.4) is 0 Å². The van der Waals surface area contributed by atoms with Gasteiger partial charge in [0.25, 0.3) is 0 Å². The molecule has 1 unspecified atom stereocenters. The maximum atomic E-state index is 12.1. The summed E-state index contributed by atoms with van der Waals surface area (Å²) < 4.78 is 27.0. The number of carbonyl (C=O) groups is 1. The van der Waals surface area contributed by atoms with E-state index in [0.29, 0.717) is 5.92 Å². The molecule has 1 aliphatic rings. The molecule has 0 aromatic heterocycles. The number of benzene rings is 1. The van der Waals surface area contributed by atoms with Crippen molar-refractivity contribution in [2.45, 2.75) is 45.6 Å². The molecule has 0 N–H and O–H groups in total. The molecule has 0 aliphatic carbocycles. The monoisotopic (exact) mass is 381 g/mol. The van der Waals surface area contributed by atoms with Crippen LogP contribution in [0.15, 0.2) is 24.3 Å². The number of nitrogens with zero attached hydrogens (tertiary/aromatic N) is 2. The second-order valence-corrected chi connectivity index (χ2v) is 8.78. The maximum Gasteiger partial charge on any atom is 0.410 e. The van der Waals surface area contributed by atoms with Crippen molar-refractivity contribution in [3.8, 4) is 0 Å². The van der Waals surface area contributed by atoms with Gasteiger partial charge in [0.05, 0.1) is 5.88 Å². The lowest BCUT2D eigenvalue weighted by Crippen LogP contribution is -2.42. The zero-order valence-electron chi connectivity index (χ0n) is 16.1. The smallest absolute Gasteiger partial charge is 0.410 e. The van der Waals surface area contributed by atoms with Crippen LogP contribution in [0.5, 0.6) is 0 Å². The average molecular weight is 382 g/mol. The number of amides is 1. The number of hydrogen-bond donors (Lipinski definition) is 0. The molecule has 7 heteroatoms. The highest BCUT2D eigenvalue weighted by Gasteiger charge is 2.26. The third-order valence-corrected chi connectivity index (χ3v) is 5.06. The van der Waals surface area contributed by atoms with Gasteiger partial charge in [-0.05, 0) is 74.7 Å². The minimum atomic E-state index is -2.09. The van der Waals surface area contributed by atoms with Crippen LogP contribution in [-0.4, -0.2) is 51.4 Å². The first-order valence-corrected chi connectivity index (χ1v) is 10.2. The van der Waals surface area contributed by atoms with Gasteiger partial charge in [-0.25, -0.2) is 4.79 Å². The highest BCUT2D eigenvalue weighted by Crippen LogP contribution is 2.24.